The van der Waals surface area contributed by atoms with Crippen LogP contribution in [0, 0.1) is 5.92 Å². The molecular weight excluding hydrogens is 887 g/mol. The molecule has 3 heterocycles. The first kappa shape index (κ1) is 53.8. The molecule has 372 valence electrons. The molecule has 0 aromatic rings. The number of nitrogens with one attached hydrogen (secondary N) is 4. The summed E-state index contributed by atoms with van der Waals surface area (Å²) in [6.07, 6.45) is 5.15. The number of nitrogens with zero attached hydrogens (tertiary/aromatic N) is 5. The number of urea groups is 1. The standard InChI is InChI=1S/C42H69N9O14S/c1-47-13-15-49(26-64-27-52)17-18-51(23-38(58)59)30(20-50(16-14-47)22-37(56)57)19-28-7-9-29(10-8-28)43-34(53)11-12-39(60)65-24-31(41(61)62)44-35(54)21-48(2)36(55)6-4-3-5-33-40-32(25-66-33)45-42(63)46-40/h27-33,40H,3-26H2,1-2H3,(H,43,53)(H,44,54)(H,56,57)(H,58,59)(H,61,62)(H2,45,46,63). The average Bonchev–Trinajstić information content (AvgIpc) is 3.82. The van der Waals surface area contributed by atoms with Crippen LogP contribution in [0.15, 0.2) is 0 Å². The minimum atomic E-state index is -1.58. The van der Waals surface area contributed by atoms with Gasteiger partial charge in [0.2, 0.25) is 17.7 Å². The van der Waals surface area contributed by atoms with Crippen LogP contribution in [0.5, 0.6) is 0 Å². The van der Waals surface area contributed by atoms with Crippen LogP contribution < -0.4 is 21.3 Å². The number of hydrogen-bond donors (Lipinski definition) is 7. The molecular formula is C42H69N9O14S. The van der Waals surface area contributed by atoms with Crippen LogP contribution in [0.3, 0.4) is 0 Å². The van der Waals surface area contributed by atoms with Gasteiger partial charge in [-0.1, -0.05) is 6.42 Å². The van der Waals surface area contributed by atoms with Gasteiger partial charge in [-0.15, -0.1) is 0 Å². The molecule has 1 aliphatic carbocycles. The molecule has 4 aliphatic rings. The molecule has 3 saturated heterocycles. The van der Waals surface area contributed by atoms with Crippen molar-refractivity contribution in [1.82, 2.24) is 45.8 Å². The zero-order chi connectivity index (χ0) is 48.2. The van der Waals surface area contributed by atoms with Crippen molar-refractivity contribution >= 4 is 65.9 Å². The van der Waals surface area contributed by atoms with Crippen molar-refractivity contribution in [2.24, 2.45) is 5.92 Å². The topological polar surface area (TPSA) is 297 Å². The average molecular weight is 956 g/mol. The lowest BCUT2D eigenvalue weighted by atomic mass is 9.81. The number of carboxylic acids is 3. The van der Waals surface area contributed by atoms with Gasteiger partial charge in [-0.05, 0) is 57.9 Å². The van der Waals surface area contributed by atoms with Crippen molar-refractivity contribution in [3.63, 3.8) is 0 Å². The second-order valence-corrected chi connectivity index (χ2v) is 19.0. The number of amides is 5. The van der Waals surface area contributed by atoms with Crippen molar-refractivity contribution in [2.75, 3.05) is 98.6 Å². The van der Waals surface area contributed by atoms with E-state index in [4.69, 9.17) is 9.47 Å². The summed E-state index contributed by atoms with van der Waals surface area (Å²) < 4.78 is 10.1. The van der Waals surface area contributed by atoms with E-state index in [-0.39, 0.29) is 92.3 Å². The molecule has 7 N–H and O–H groups in total. The Kier molecular flexibility index (Phi) is 22.6. The molecule has 4 fully saturated rings. The zero-order valence-electron chi connectivity index (χ0n) is 38.1. The van der Waals surface area contributed by atoms with E-state index in [1.807, 2.05) is 21.7 Å². The van der Waals surface area contributed by atoms with Gasteiger partial charge in [0.25, 0.3) is 6.47 Å². The third kappa shape index (κ3) is 19.2. The van der Waals surface area contributed by atoms with E-state index in [1.54, 1.807) is 11.8 Å². The number of thioether (sulfide) groups is 1. The number of ether oxygens (including phenoxy) is 2. The molecule has 0 aromatic heterocycles. The summed E-state index contributed by atoms with van der Waals surface area (Å²) in [6.45, 7) is 2.29. The van der Waals surface area contributed by atoms with Gasteiger partial charge >= 0.3 is 29.9 Å². The molecule has 5 amide bonds. The summed E-state index contributed by atoms with van der Waals surface area (Å²) >= 11 is 1.79. The summed E-state index contributed by atoms with van der Waals surface area (Å²) in [5.74, 6) is -4.68. The second kappa shape index (κ2) is 27.8. The van der Waals surface area contributed by atoms with E-state index in [2.05, 4.69) is 26.2 Å². The van der Waals surface area contributed by atoms with Gasteiger partial charge in [0.1, 0.15) is 13.3 Å². The number of unbranched alkanes of at least 4 members (excludes halogenated alkanes) is 1. The lowest BCUT2D eigenvalue weighted by Crippen LogP contribution is -2.52. The van der Waals surface area contributed by atoms with Gasteiger partial charge in [-0.25, -0.2) is 9.59 Å². The van der Waals surface area contributed by atoms with Gasteiger partial charge in [-0.2, -0.15) is 11.8 Å². The summed E-state index contributed by atoms with van der Waals surface area (Å²) in [6, 6.07) is -1.99. The van der Waals surface area contributed by atoms with Crippen LogP contribution in [0.1, 0.15) is 70.6 Å². The number of carboxylic acid groups (broad SMARTS) is 3. The predicted molar refractivity (Wildman–Crippen MR) is 238 cm³/mol. The van der Waals surface area contributed by atoms with Crippen molar-refractivity contribution in [1.29, 1.82) is 0 Å². The van der Waals surface area contributed by atoms with Gasteiger partial charge in [0.05, 0.1) is 38.1 Å². The molecule has 0 bridgehead atoms. The lowest BCUT2D eigenvalue weighted by molar-refractivity contribution is -0.151. The van der Waals surface area contributed by atoms with E-state index < -0.39 is 49.0 Å². The minimum absolute atomic E-state index is 0.0612. The van der Waals surface area contributed by atoms with Gasteiger partial charge in [0, 0.05) is 88.8 Å². The number of likely N-dealkylation sites (N-methyl/N-ethyl adjacent to an activating group) is 2. The molecule has 0 spiro atoms. The summed E-state index contributed by atoms with van der Waals surface area (Å²) in [5.41, 5.74) is 0. The Morgan fingerprint density at radius 3 is 2.26 bits per heavy atom. The summed E-state index contributed by atoms with van der Waals surface area (Å²) in [7, 11) is 3.37. The highest BCUT2D eigenvalue weighted by atomic mass is 32.2. The lowest BCUT2D eigenvalue weighted by Gasteiger charge is -2.39. The summed E-state index contributed by atoms with van der Waals surface area (Å²) in [5, 5.41) is 40.6. The van der Waals surface area contributed by atoms with E-state index >= 15 is 0 Å². The van der Waals surface area contributed by atoms with E-state index in [0.29, 0.717) is 78.0 Å². The van der Waals surface area contributed by atoms with Crippen molar-refractivity contribution in [3.05, 3.63) is 0 Å². The Hall–Kier alpha value is -4.78. The Balaban J connectivity index is 1.17. The Bertz CT molecular complexity index is 1670. The number of hydrogen-bond acceptors (Lipinski definition) is 16. The number of rotatable bonds is 24. The quantitative estimate of drug-likeness (QED) is 0.0255. The molecule has 24 heteroatoms. The van der Waals surface area contributed by atoms with Crippen LogP contribution >= 0.6 is 11.8 Å². The highest BCUT2D eigenvalue weighted by Gasteiger charge is 2.42. The fourth-order valence-electron chi connectivity index (χ4n) is 8.88. The molecule has 23 nitrogen and oxygen atoms in total. The maximum absolute atomic E-state index is 12.9. The maximum Gasteiger partial charge on any atom is 0.329 e. The number of esters is 1. The third-order valence-electron chi connectivity index (χ3n) is 12.6. The molecule has 0 aromatic carbocycles. The van der Waals surface area contributed by atoms with Crippen LogP contribution in [-0.4, -0.2) is 228 Å². The number of aliphatic carboxylic acids is 3. The SMILES string of the molecule is CN1CCN(COC=O)CCN(CC(=O)O)C(CC2CCC(NC(=O)CCC(=O)OCC(NC(=O)CN(C)C(=O)CCCCC3SCC4NC(=O)NC43)C(=O)O)CC2)CN(CC(=O)O)CC1. The summed E-state index contributed by atoms with van der Waals surface area (Å²) in [4.78, 5) is 118. The van der Waals surface area contributed by atoms with Crippen molar-refractivity contribution in [2.45, 2.75) is 106 Å². The van der Waals surface area contributed by atoms with Crippen LogP contribution in [-0.2, 0) is 47.8 Å². The zero-order valence-corrected chi connectivity index (χ0v) is 38.9. The smallest absolute Gasteiger partial charge is 0.329 e. The Labute approximate surface area is 389 Å². The fourth-order valence-corrected chi connectivity index (χ4v) is 10.4. The van der Waals surface area contributed by atoms with Crippen LogP contribution in [0.25, 0.3) is 0 Å². The van der Waals surface area contributed by atoms with E-state index in [9.17, 15) is 58.5 Å². The van der Waals surface area contributed by atoms with Crippen molar-refractivity contribution < 1.29 is 67.9 Å². The molecule has 3 aliphatic heterocycles. The number of carbonyl (C=O) groups excluding carboxylic acids is 6. The molecule has 5 atom stereocenters. The first-order chi connectivity index (χ1) is 31.5. The molecule has 0 radical (unpaired) electrons. The third-order valence-corrected chi connectivity index (χ3v) is 14.1. The predicted octanol–water partition coefficient (Wildman–Crippen LogP) is -1.35. The Morgan fingerprint density at radius 1 is 0.879 bits per heavy atom. The highest BCUT2D eigenvalue weighted by Crippen LogP contribution is 2.33. The normalized spacial score (nSPS) is 25.1. The van der Waals surface area contributed by atoms with Gasteiger partial charge < -0.3 is 55.9 Å². The largest absolute Gasteiger partial charge is 0.480 e. The first-order valence-electron chi connectivity index (χ1n) is 22.7. The first-order valence-corrected chi connectivity index (χ1v) is 23.8. The molecule has 66 heavy (non-hydrogen) atoms. The van der Waals surface area contributed by atoms with Crippen LogP contribution in [0.2, 0.25) is 0 Å². The number of carbonyl (C=O) groups is 9. The van der Waals surface area contributed by atoms with E-state index in [0.717, 1.165) is 31.4 Å². The maximum atomic E-state index is 12.9. The van der Waals surface area contributed by atoms with E-state index in [1.165, 1.54) is 11.9 Å². The minimum Gasteiger partial charge on any atom is -0.480 e. The Morgan fingerprint density at radius 2 is 1.58 bits per heavy atom. The number of fused-ring (bicyclic) bond motifs is 1. The molecule has 5 unspecified atom stereocenters. The highest BCUT2D eigenvalue weighted by molar-refractivity contribution is 8.00. The molecule has 4 rings (SSSR count). The molecule has 1 saturated carbocycles. The second-order valence-electron chi connectivity index (χ2n) is 17.7. The van der Waals surface area contributed by atoms with Crippen molar-refractivity contribution in [3.8, 4) is 0 Å². The van der Waals surface area contributed by atoms with Gasteiger partial charge in [0.15, 0.2) is 6.04 Å². The van der Waals surface area contributed by atoms with Crippen LogP contribution in [0.4, 0.5) is 4.79 Å². The van der Waals surface area contributed by atoms with Gasteiger partial charge in [-0.3, -0.25) is 48.3 Å². The monoisotopic (exact) mass is 955 g/mol. The fraction of sp³-hybridized carbons (Fsp3) is 0.786.